The fourth-order valence-electron chi connectivity index (χ4n) is 0.765. The lowest BCUT2D eigenvalue weighted by Crippen LogP contribution is -1.95. The van der Waals surface area contributed by atoms with Gasteiger partial charge in [-0.25, -0.2) is 8.42 Å². The third kappa shape index (κ3) is 1.68. The molecule has 1 aromatic rings. The Morgan fingerprint density at radius 3 is 2.42 bits per heavy atom. The van der Waals surface area contributed by atoms with Gasteiger partial charge in [-0.05, 0) is 12.1 Å². The van der Waals surface area contributed by atoms with E-state index in [0.29, 0.717) is 0 Å². The maximum atomic E-state index is 11.2. The highest BCUT2D eigenvalue weighted by Crippen LogP contribution is 2.21. The van der Waals surface area contributed by atoms with Crippen molar-refractivity contribution in [3.8, 4) is 0 Å². The molecular formula is C8H7ClO2S. The summed E-state index contributed by atoms with van der Waals surface area (Å²) in [7, 11) is -3.40. The van der Waals surface area contributed by atoms with Crippen LogP contribution in [0.4, 0.5) is 0 Å². The first-order valence-electron chi connectivity index (χ1n) is 3.20. The van der Waals surface area contributed by atoms with E-state index >= 15 is 0 Å². The number of halogens is 1. The number of benzene rings is 1. The van der Waals surface area contributed by atoms with Gasteiger partial charge in [-0.15, -0.1) is 0 Å². The Labute approximate surface area is 76.4 Å². The maximum absolute atomic E-state index is 11.2. The highest BCUT2D eigenvalue weighted by atomic mass is 35.5. The van der Waals surface area contributed by atoms with Gasteiger partial charge in [-0.2, -0.15) is 0 Å². The molecule has 1 aromatic carbocycles. The molecule has 0 aromatic heterocycles. The van der Waals surface area contributed by atoms with Crippen LogP contribution in [0.3, 0.4) is 0 Å². The fraction of sp³-hybridized carbons (Fsp3) is 0. The molecule has 64 valence electrons. The molecule has 12 heavy (non-hydrogen) atoms. The van der Waals surface area contributed by atoms with Crippen LogP contribution in [-0.2, 0) is 9.84 Å². The predicted molar refractivity (Wildman–Crippen MR) is 48.8 cm³/mol. The molecule has 0 N–H and O–H groups in total. The van der Waals surface area contributed by atoms with Crippen LogP contribution >= 0.6 is 11.6 Å². The van der Waals surface area contributed by atoms with E-state index in [9.17, 15) is 8.42 Å². The van der Waals surface area contributed by atoms with Crippen LogP contribution in [-0.4, -0.2) is 8.42 Å². The van der Waals surface area contributed by atoms with E-state index in [-0.39, 0.29) is 9.92 Å². The Morgan fingerprint density at radius 2 is 1.92 bits per heavy atom. The lowest BCUT2D eigenvalue weighted by molar-refractivity contribution is 0.605. The van der Waals surface area contributed by atoms with E-state index in [1.807, 2.05) is 0 Å². The number of hydrogen-bond acceptors (Lipinski definition) is 2. The molecular weight excluding hydrogens is 196 g/mol. The lowest BCUT2D eigenvalue weighted by Gasteiger charge is -1.99. The van der Waals surface area contributed by atoms with Gasteiger partial charge in [0.15, 0.2) is 0 Å². The van der Waals surface area contributed by atoms with Crippen molar-refractivity contribution in [2.24, 2.45) is 0 Å². The van der Waals surface area contributed by atoms with Crippen molar-refractivity contribution in [3.05, 3.63) is 41.3 Å². The molecule has 0 unspecified atom stereocenters. The van der Waals surface area contributed by atoms with Gasteiger partial charge < -0.3 is 0 Å². The summed E-state index contributed by atoms with van der Waals surface area (Å²) in [4.78, 5) is 0.0988. The largest absolute Gasteiger partial charge is 0.219 e. The van der Waals surface area contributed by atoms with Crippen molar-refractivity contribution >= 4 is 21.4 Å². The lowest BCUT2D eigenvalue weighted by atomic mass is 10.4. The van der Waals surface area contributed by atoms with Gasteiger partial charge in [0, 0.05) is 5.41 Å². The predicted octanol–water partition coefficient (Wildman–Crippen LogP) is 2.26. The first-order valence-corrected chi connectivity index (χ1v) is 5.12. The fourth-order valence-corrected chi connectivity index (χ4v) is 2.01. The number of hydrogen-bond donors (Lipinski definition) is 0. The summed E-state index contributed by atoms with van der Waals surface area (Å²) < 4.78 is 22.4. The number of sulfone groups is 1. The Balaban J connectivity index is 3.39. The van der Waals surface area contributed by atoms with E-state index in [1.54, 1.807) is 12.1 Å². The normalized spacial score (nSPS) is 11.1. The maximum Gasteiger partial charge on any atom is 0.200 e. The molecule has 0 aliphatic heterocycles. The standard InChI is InChI=1S/C8H7ClO2S/c1-2-12(10,11)8-6-4-3-5-7(8)9/h2-6H,1H2. The summed E-state index contributed by atoms with van der Waals surface area (Å²) in [5.41, 5.74) is 0. The molecule has 0 aliphatic carbocycles. The van der Waals surface area contributed by atoms with Gasteiger partial charge in [0.05, 0.1) is 9.92 Å². The molecule has 0 saturated carbocycles. The second kappa shape index (κ2) is 3.29. The van der Waals surface area contributed by atoms with E-state index in [2.05, 4.69) is 6.58 Å². The van der Waals surface area contributed by atoms with E-state index in [4.69, 9.17) is 11.6 Å². The van der Waals surface area contributed by atoms with E-state index < -0.39 is 9.84 Å². The summed E-state index contributed by atoms with van der Waals surface area (Å²) in [6, 6.07) is 6.25. The molecule has 0 atom stereocenters. The molecule has 4 heteroatoms. The minimum Gasteiger partial charge on any atom is -0.219 e. The highest BCUT2D eigenvalue weighted by Gasteiger charge is 2.12. The van der Waals surface area contributed by atoms with Crippen molar-refractivity contribution in [1.29, 1.82) is 0 Å². The van der Waals surface area contributed by atoms with Gasteiger partial charge in [0.1, 0.15) is 0 Å². The zero-order chi connectivity index (χ0) is 9.19. The Morgan fingerprint density at radius 1 is 1.33 bits per heavy atom. The molecule has 1 rings (SSSR count). The summed E-state index contributed by atoms with van der Waals surface area (Å²) in [5, 5.41) is 1.10. The van der Waals surface area contributed by atoms with Crippen LogP contribution in [0.1, 0.15) is 0 Å². The van der Waals surface area contributed by atoms with Crippen LogP contribution < -0.4 is 0 Å². The minimum absolute atomic E-state index is 0.0988. The van der Waals surface area contributed by atoms with Crippen molar-refractivity contribution < 1.29 is 8.42 Å². The van der Waals surface area contributed by atoms with E-state index in [1.165, 1.54) is 12.1 Å². The van der Waals surface area contributed by atoms with Crippen LogP contribution in [0.25, 0.3) is 0 Å². The molecule has 0 saturated heterocycles. The quantitative estimate of drug-likeness (QED) is 0.737. The van der Waals surface area contributed by atoms with Crippen LogP contribution in [0.2, 0.25) is 5.02 Å². The van der Waals surface area contributed by atoms with Crippen LogP contribution in [0.5, 0.6) is 0 Å². The molecule has 0 radical (unpaired) electrons. The third-order valence-electron chi connectivity index (χ3n) is 1.36. The van der Waals surface area contributed by atoms with Gasteiger partial charge in [0.2, 0.25) is 9.84 Å². The zero-order valence-electron chi connectivity index (χ0n) is 6.20. The molecule has 0 bridgehead atoms. The van der Waals surface area contributed by atoms with Gasteiger partial charge in [-0.1, -0.05) is 30.3 Å². The highest BCUT2D eigenvalue weighted by molar-refractivity contribution is 7.94. The Hall–Kier alpha value is -0.800. The number of rotatable bonds is 2. The average molecular weight is 203 g/mol. The zero-order valence-corrected chi connectivity index (χ0v) is 7.77. The monoisotopic (exact) mass is 202 g/mol. The second-order valence-corrected chi connectivity index (χ2v) is 4.41. The van der Waals surface area contributed by atoms with Crippen molar-refractivity contribution in [2.75, 3.05) is 0 Å². The van der Waals surface area contributed by atoms with Crippen molar-refractivity contribution in [1.82, 2.24) is 0 Å². The first kappa shape index (κ1) is 9.29. The van der Waals surface area contributed by atoms with Crippen LogP contribution in [0.15, 0.2) is 41.1 Å². The van der Waals surface area contributed by atoms with Crippen molar-refractivity contribution in [2.45, 2.75) is 4.90 Å². The van der Waals surface area contributed by atoms with Crippen molar-refractivity contribution in [3.63, 3.8) is 0 Å². The smallest absolute Gasteiger partial charge is 0.200 e. The molecule has 0 spiro atoms. The Kier molecular flexibility index (Phi) is 2.55. The summed E-state index contributed by atoms with van der Waals surface area (Å²) in [5.74, 6) is 0. The van der Waals surface area contributed by atoms with Crippen LogP contribution in [0, 0.1) is 0 Å². The SMILES string of the molecule is C=CS(=O)(=O)c1ccccc1Cl. The molecule has 0 aliphatic rings. The summed E-state index contributed by atoms with van der Waals surface area (Å²) >= 11 is 5.66. The molecule has 0 fully saturated rings. The summed E-state index contributed by atoms with van der Waals surface area (Å²) in [6.45, 7) is 3.20. The second-order valence-electron chi connectivity index (χ2n) is 2.14. The molecule has 0 amide bonds. The Bertz CT molecular complexity index is 395. The third-order valence-corrected chi connectivity index (χ3v) is 3.21. The molecule has 2 nitrogen and oxygen atoms in total. The average Bonchev–Trinajstić information content (AvgIpc) is 2.05. The van der Waals surface area contributed by atoms with Gasteiger partial charge in [-0.3, -0.25) is 0 Å². The van der Waals surface area contributed by atoms with E-state index in [0.717, 1.165) is 5.41 Å². The summed E-state index contributed by atoms with van der Waals surface area (Å²) in [6.07, 6.45) is 0. The topological polar surface area (TPSA) is 34.1 Å². The minimum atomic E-state index is -3.40. The van der Waals surface area contributed by atoms with Gasteiger partial charge >= 0.3 is 0 Å². The first-order chi connectivity index (χ1) is 5.58. The van der Waals surface area contributed by atoms with Gasteiger partial charge in [0.25, 0.3) is 0 Å². The molecule has 0 heterocycles.